The zero-order valence-corrected chi connectivity index (χ0v) is 15.5. The van der Waals surface area contributed by atoms with E-state index in [1.54, 1.807) is 0 Å². The number of nitrogens with zero attached hydrogens (tertiary/aromatic N) is 2. The number of ketones is 1. The average Bonchev–Trinajstić information content (AvgIpc) is 2.75. The van der Waals surface area contributed by atoms with Gasteiger partial charge in [-0.25, -0.2) is 0 Å². The Morgan fingerprint density at radius 3 is 1.50 bits per heavy atom. The third kappa shape index (κ3) is 4.38. The van der Waals surface area contributed by atoms with Crippen molar-refractivity contribution >= 4 is 28.6 Å². The molecule has 0 N–H and O–H groups in total. The summed E-state index contributed by atoms with van der Waals surface area (Å²) in [4.78, 5) is 22.3. The van der Waals surface area contributed by atoms with Gasteiger partial charge in [-0.3, -0.25) is 14.8 Å². The van der Waals surface area contributed by atoms with Crippen LogP contribution in [0.4, 0.5) is 11.4 Å². The predicted octanol–water partition coefficient (Wildman–Crippen LogP) is 5.87. The molecule has 28 heavy (non-hydrogen) atoms. The van der Waals surface area contributed by atoms with E-state index in [1.807, 2.05) is 97.1 Å². The molecule has 2 aliphatic carbocycles. The van der Waals surface area contributed by atoms with Crippen molar-refractivity contribution in [2.45, 2.75) is 12.8 Å². The monoisotopic (exact) mass is 364 g/mol. The zero-order chi connectivity index (χ0) is 19.2. The van der Waals surface area contributed by atoms with Gasteiger partial charge in [0.15, 0.2) is 5.78 Å². The van der Waals surface area contributed by atoms with Crippen LogP contribution < -0.4 is 0 Å². The molecule has 0 amide bonds. The summed E-state index contributed by atoms with van der Waals surface area (Å²) in [7, 11) is 0. The number of carbonyl (C=O) groups excluding carboxylic acids is 1. The molecule has 3 heteroatoms. The Labute approximate surface area is 164 Å². The van der Waals surface area contributed by atoms with Gasteiger partial charge < -0.3 is 0 Å². The van der Waals surface area contributed by atoms with Crippen molar-refractivity contribution in [3.8, 4) is 0 Å². The minimum absolute atomic E-state index is 0.0650. The first-order chi connectivity index (χ1) is 13.8. The number of benzene rings is 2. The Morgan fingerprint density at radius 2 is 1.07 bits per heavy atom. The van der Waals surface area contributed by atoms with Gasteiger partial charge >= 0.3 is 0 Å². The molecule has 0 unspecified atom stereocenters. The summed E-state index contributed by atoms with van der Waals surface area (Å²) in [5.41, 5.74) is 5.10. The highest BCUT2D eigenvalue weighted by molar-refractivity contribution is 6.17. The lowest BCUT2D eigenvalue weighted by molar-refractivity contribution is -0.112. The minimum Gasteiger partial charge on any atom is -0.289 e. The topological polar surface area (TPSA) is 41.8 Å². The number of para-hydroxylation sites is 2. The smallest absolute Gasteiger partial charge is 0.185 e. The van der Waals surface area contributed by atoms with Gasteiger partial charge in [-0.15, -0.1) is 0 Å². The third-order valence-electron chi connectivity index (χ3n) is 4.56. The number of rotatable bonds is 4. The van der Waals surface area contributed by atoms with Crippen molar-refractivity contribution in [1.29, 1.82) is 0 Å². The fourth-order valence-electron chi connectivity index (χ4n) is 3.19. The van der Waals surface area contributed by atoms with Crippen LogP contribution in [0.1, 0.15) is 12.8 Å². The first kappa shape index (κ1) is 17.8. The van der Waals surface area contributed by atoms with Crippen molar-refractivity contribution in [3.63, 3.8) is 0 Å². The van der Waals surface area contributed by atoms with Gasteiger partial charge in [0.25, 0.3) is 0 Å². The van der Waals surface area contributed by atoms with Crippen molar-refractivity contribution in [1.82, 2.24) is 0 Å². The number of hydrogen-bond acceptors (Lipinski definition) is 3. The highest BCUT2D eigenvalue weighted by Crippen LogP contribution is 2.23. The zero-order valence-electron chi connectivity index (χ0n) is 15.5. The summed E-state index contributed by atoms with van der Waals surface area (Å²) in [6.07, 6.45) is 12.6. The molecule has 0 atom stereocenters. The SMILES string of the molecule is O=C(C1=CC=CC(=Nc2ccccc2)C1)C1=CC=CC(=Nc2ccccc2)C1. The fourth-order valence-corrected chi connectivity index (χ4v) is 3.19. The van der Waals surface area contributed by atoms with Gasteiger partial charge in [0.05, 0.1) is 11.4 Å². The highest BCUT2D eigenvalue weighted by atomic mass is 16.1. The molecule has 3 nitrogen and oxygen atoms in total. The molecule has 2 aliphatic rings. The number of carbonyl (C=O) groups is 1. The maximum Gasteiger partial charge on any atom is 0.185 e. The van der Waals surface area contributed by atoms with Crippen LogP contribution in [0.15, 0.2) is 118 Å². The maximum absolute atomic E-state index is 13.0. The summed E-state index contributed by atoms with van der Waals surface area (Å²) in [5, 5.41) is 0. The van der Waals surface area contributed by atoms with E-state index in [9.17, 15) is 4.79 Å². The van der Waals surface area contributed by atoms with Gasteiger partial charge in [0.2, 0.25) is 0 Å². The van der Waals surface area contributed by atoms with Crippen LogP contribution in [0, 0.1) is 0 Å². The summed E-state index contributed by atoms with van der Waals surface area (Å²) in [6.45, 7) is 0. The number of allylic oxidation sites excluding steroid dienone is 8. The molecular formula is C25H20N2O. The molecule has 0 aliphatic heterocycles. The summed E-state index contributed by atoms with van der Waals surface area (Å²) >= 11 is 0. The van der Waals surface area contributed by atoms with E-state index in [-0.39, 0.29) is 5.78 Å². The van der Waals surface area contributed by atoms with E-state index in [0.29, 0.717) is 12.8 Å². The molecule has 0 fully saturated rings. The standard InChI is InChI=1S/C25H20N2O/c28-25(19-9-7-15-23(17-19)26-21-11-3-1-4-12-21)20-10-8-16-24(18-20)27-22-13-5-2-6-14-22/h1-16H,17-18H2. The second kappa shape index (κ2) is 8.40. The van der Waals surface area contributed by atoms with Crippen LogP contribution in [0.2, 0.25) is 0 Å². The normalized spacial score (nSPS) is 18.9. The molecular weight excluding hydrogens is 344 g/mol. The second-order valence-electron chi connectivity index (χ2n) is 6.66. The second-order valence-corrected chi connectivity index (χ2v) is 6.66. The van der Waals surface area contributed by atoms with Gasteiger partial charge in [0, 0.05) is 35.4 Å². The molecule has 0 spiro atoms. The van der Waals surface area contributed by atoms with Gasteiger partial charge in [0.1, 0.15) is 0 Å². The molecule has 0 heterocycles. The molecule has 4 rings (SSSR count). The van der Waals surface area contributed by atoms with Crippen molar-refractivity contribution in [2.75, 3.05) is 0 Å². The van der Waals surface area contributed by atoms with Crippen molar-refractivity contribution in [2.24, 2.45) is 9.98 Å². The Hall–Kier alpha value is -3.59. The third-order valence-corrected chi connectivity index (χ3v) is 4.56. The van der Waals surface area contributed by atoms with Crippen molar-refractivity contribution < 1.29 is 4.79 Å². The molecule has 0 saturated carbocycles. The van der Waals surface area contributed by atoms with E-state index < -0.39 is 0 Å². The quantitative estimate of drug-likeness (QED) is 0.668. The predicted molar refractivity (Wildman–Crippen MR) is 116 cm³/mol. The van der Waals surface area contributed by atoms with Crippen LogP contribution in [-0.2, 0) is 4.79 Å². The van der Waals surface area contributed by atoms with Gasteiger partial charge in [-0.2, -0.15) is 0 Å². The summed E-state index contributed by atoms with van der Waals surface area (Å²) in [6, 6.07) is 19.6. The Kier molecular flexibility index (Phi) is 5.34. The first-order valence-electron chi connectivity index (χ1n) is 9.32. The lowest BCUT2D eigenvalue weighted by Gasteiger charge is -2.14. The molecule has 0 saturated heterocycles. The van der Waals surface area contributed by atoms with E-state index in [2.05, 4.69) is 9.98 Å². The highest BCUT2D eigenvalue weighted by Gasteiger charge is 2.20. The molecule has 0 bridgehead atoms. The largest absolute Gasteiger partial charge is 0.289 e. The lowest BCUT2D eigenvalue weighted by Crippen LogP contribution is -2.15. The Bertz CT molecular complexity index is 967. The molecule has 0 radical (unpaired) electrons. The van der Waals surface area contributed by atoms with Crippen molar-refractivity contribution in [3.05, 3.63) is 108 Å². The molecule has 0 aromatic heterocycles. The van der Waals surface area contributed by atoms with E-state index in [4.69, 9.17) is 0 Å². The van der Waals surface area contributed by atoms with E-state index >= 15 is 0 Å². The van der Waals surface area contributed by atoms with Crippen LogP contribution >= 0.6 is 0 Å². The van der Waals surface area contributed by atoms with Gasteiger partial charge in [-0.1, -0.05) is 60.7 Å². The van der Waals surface area contributed by atoms with E-state index in [1.165, 1.54) is 0 Å². The molecule has 2 aromatic rings. The molecule has 136 valence electrons. The Morgan fingerprint density at radius 1 is 0.643 bits per heavy atom. The Balaban J connectivity index is 1.49. The van der Waals surface area contributed by atoms with Crippen LogP contribution in [0.3, 0.4) is 0 Å². The number of Topliss-reactive ketones (excluding diaryl/α,β-unsaturated/α-hetero) is 1. The van der Waals surface area contributed by atoms with Gasteiger partial charge in [-0.05, 0) is 36.4 Å². The van der Waals surface area contributed by atoms with Crippen LogP contribution in [0.25, 0.3) is 0 Å². The van der Waals surface area contributed by atoms with E-state index in [0.717, 1.165) is 33.9 Å². The summed E-state index contributed by atoms with van der Waals surface area (Å²) in [5.74, 6) is 0.0650. The average molecular weight is 364 g/mol. The van der Waals surface area contributed by atoms with Crippen LogP contribution in [-0.4, -0.2) is 17.2 Å². The maximum atomic E-state index is 13.0. The first-order valence-corrected chi connectivity index (χ1v) is 9.32. The fraction of sp³-hybridized carbons (Fsp3) is 0.0800. The lowest BCUT2D eigenvalue weighted by atomic mass is 9.90. The number of hydrogen-bond donors (Lipinski definition) is 0. The molecule has 2 aromatic carbocycles. The number of aliphatic imine (C=N–C) groups is 2. The summed E-state index contributed by atoms with van der Waals surface area (Å²) < 4.78 is 0. The van der Waals surface area contributed by atoms with Crippen LogP contribution in [0.5, 0.6) is 0 Å². The minimum atomic E-state index is 0.0650.